The monoisotopic (exact) mass is 419 g/mol. The van der Waals surface area contributed by atoms with E-state index in [0.717, 1.165) is 41.2 Å². The highest BCUT2D eigenvalue weighted by Crippen LogP contribution is 2.29. The van der Waals surface area contributed by atoms with Crippen LogP contribution in [0.3, 0.4) is 0 Å². The number of thiophene rings is 1. The number of hydrogen-bond acceptors (Lipinski definition) is 6. The second-order valence-corrected chi connectivity index (χ2v) is 7.92. The molecule has 4 rings (SSSR count). The zero-order valence-corrected chi connectivity index (χ0v) is 17.4. The number of aromatic hydroxyl groups is 1. The summed E-state index contributed by atoms with van der Waals surface area (Å²) in [6.07, 6.45) is 3.53. The molecule has 0 radical (unpaired) electrons. The van der Waals surface area contributed by atoms with Crippen LogP contribution in [0, 0.1) is 0 Å². The van der Waals surface area contributed by atoms with E-state index in [2.05, 4.69) is 20.7 Å². The minimum atomic E-state index is -0.0203. The molecule has 4 aromatic rings. The number of para-hydroxylation sites is 1. The standard InChI is InChI=1S/C21H22BN5O2S/c22-15-13-25-27-19(12-16(26-20(15)27)14-6-1-2-7-17(14)28)23-9-3-4-10-24-21(29)18-8-5-11-30-18/h1-2,5-8,11-13,23,28H,3-4,9-10,22H2,(H,24,29). The van der Waals surface area contributed by atoms with Crippen molar-refractivity contribution in [3.05, 3.63) is 58.9 Å². The zero-order chi connectivity index (χ0) is 20.9. The number of phenolic OH excluding ortho intramolecular Hbond substituents is 1. The summed E-state index contributed by atoms with van der Waals surface area (Å²) in [5.41, 5.74) is 3.09. The number of rotatable bonds is 8. The summed E-state index contributed by atoms with van der Waals surface area (Å²) in [5, 5.41) is 22.9. The Morgan fingerprint density at radius 2 is 2.00 bits per heavy atom. The third-order valence-corrected chi connectivity index (χ3v) is 5.64. The Kier molecular flexibility index (Phi) is 5.99. The van der Waals surface area contributed by atoms with Crippen LogP contribution in [0.5, 0.6) is 5.75 Å². The molecule has 0 atom stereocenters. The number of aromatic nitrogens is 3. The van der Waals surface area contributed by atoms with Gasteiger partial charge in [0.2, 0.25) is 0 Å². The van der Waals surface area contributed by atoms with Crippen molar-refractivity contribution in [2.75, 3.05) is 18.4 Å². The Morgan fingerprint density at radius 3 is 2.80 bits per heavy atom. The number of hydrogen-bond donors (Lipinski definition) is 3. The van der Waals surface area contributed by atoms with E-state index in [1.165, 1.54) is 11.3 Å². The summed E-state index contributed by atoms with van der Waals surface area (Å²) >= 11 is 1.44. The van der Waals surface area contributed by atoms with Crippen LogP contribution < -0.4 is 16.1 Å². The first kappa shape index (κ1) is 20.0. The molecule has 1 amide bonds. The molecule has 0 aliphatic rings. The van der Waals surface area contributed by atoms with Crippen LogP contribution in [0.1, 0.15) is 22.5 Å². The fraction of sp³-hybridized carbons (Fsp3) is 0.190. The van der Waals surface area contributed by atoms with E-state index in [1.807, 2.05) is 43.6 Å². The molecule has 3 N–H and O–H groups in total. The van der Waals surface area contributed by atoms with Gasteiger partial charge in [0, 0.05) is 30.9 Å². The van der Waals surface area contributed by atoms with Gasteiger partial charge in [-0.25, -0.2) is 4.98 Å². The molecule has 7 nitrogen and oxygen atoms in total. The maximum atomic E-state index is 12.0. The summed E-state index contributed by atoms with van der Waals surface area (Å²) in [6, 6.07) is 12.8. The van der Waals surface area contributed by atoms with Crippen LogP contribution in [-0.4, -0.2) is 46.5 Å². The van der Waals surface area contributed by atoms with Gasteiger partial charge >= 0.3 is 0 Å². The lowest BCUT2D eigenvalue weighted by atomic mass is 10.0. The lowest BCUT2D eigenvalue weighted by molar-refractivity contribution is 0.0957. The first-order chi connectivity index (χ1) is 14.6. The Labute approximate surface area is 179 Å². The first-order valence-electron chi connectivity index (χ1n) is 9.83. The number of fused-ring (bicyclic) bond motifs is 1. The second kappa shape index (κ2) is 9.00. The van der Waals surface area contributed by atoms with Crippen LogP contribution in [0.25, 0.3) is 16.9 Å². The molecule has 0 saturated carbocycles. The third-order valence-electron chi connectivity index (χ3n) is 4.77. The zero-order valence-electron chi connectivity index (χ0n) is 16.6. The van der Waals surface area contributed by atoms with Gasteiger partial charge < -0.3 is 15.7 Å². The number of phenols is 1. The fourth-order valence-electron chi connectivity index (χ4n) is 3.19. The van der Waals surface area contributed by atoms with Gasteiger partial charge in [-0.05, 0) is 41.9 Å². The molecule has 0 saturated heterocycles. The number of carbonyl (C=O) groups is 1. The molecule has 0 unspecified atom stereocenters. The van der Waals surface area contributed by atoms with Crippen molar-refractivity contribution in [2.24, 2.45) is 0 Å². The maximum Gasteiger partial charge on any atom is 0.261 e. The number of nitrogens with zero attached hydrogens (tertiary/aromatic N) is 3. The van der Waals surface area contributed by atoms with E-state index in [-0.39, 0.29) is 11.7 Å². The molecule has 3 aromatic heterocycles. The molecule has 0 aliphatic carbocycles. The summed E-state index contributed by atoms with van der Waals surface area (Å²) in [6.45, 7) is 1.36. The Morgan fingerprint density at radius 1 is 1.17 bits per heavy atom. The van der Waals surface area contributed by atoms with Gasteiger partial charge in [-0.3, -0.25) is 4.79 Å². The van der Waals surface area contributed by atoms with E-state index in [4.69, 9.17) is 0 Å². The summed E-state index contributed by atoms with van der Waals surface area (Å²) in [5.74, 6) is 0.987. The molecule has 1 aromatic carbocycles. The van der Waals surface area contributed by atoms with E-state index in [1.54, 1.807) is 22.8 Å². The highest BCUT2D eigenvalue weighted by Gasteiger charge is 2.12. The molecule has 152 valence electrons. The average molecular weight is 419 g/mol. The molecular weight excluding hydrogens is 397 g/mol. The molecule has 3 heterocycles. The largest absolute Gasteiger partial charge is 0.507 e. The number of unbranched alkanes of at least 4 members (excludes halogenated alkanes) is 1. The SMILES string of the molecule is Bc1cnn2c(NCCCCNC(=O)c3cccs3)cc(-c3ccccc3O)nc12. The van der Waals surface area contributed by atoms with Gasteiger partial charge in [0.25, 0.3) is 5.91 Å². The van der Waals surface area contributed by atoms with E-state index < -0.39 is 0 Å². The lowest BCUT2D eigenvalue weighted by Gasteiger charge is -2.12. The van der Waals surface area contributed by atoms with E-state index in [0.29, 0.717) is 17.8 Å². The van der Waals surface area contributed by atoms with Gasteiger partial charge in [0.1, 0.15) is 19.4 Å². The quantitative estimate of drug-likeness (QED) is 0.300. The Bertz CT molecular complexity index is 1160. The number of amides is 1. The van der Waals surface area contributed by atoms with Gasteiger partial charge in [-0.1, -0.05) is 18.2 Å². The number of nitrogens with one attached hydrogen (secondary N) is 2. The normalized spacial score (nSPS) is 10.9. The van der Waals surface area contributed by atoms with Crippen molar-refractivity contribution in [3.8, 4) is 17.0 Å². The predicted octanol–water partition coefficient (Wildman–Crippen LogP) is 2.04. The average Bonchev–Trinajstić information content (AvgIpc) is 3.41. The Hall–Kier alpha value is -3.33. The minimum Gasteiger partial charge on any atom is -0.507 e. The van der Waals surface area contributed by atoms with Crippen molar-refractivity contribution < 1.29 is 9.90 Å². The van der Waals surface area contributed by atoms with Crippen molar-refractivity contribution in [3.63, 3.8) is 0 Å². The van der Waals surface area contributed by atoms with Crippen LogP contribution in [-0.2, 0) is 0 Å². The predicted molar refractivity (Wildman–Crippen MR) is 123 cm³/mol. The van der Waals surface area contributed by atoms with Gasteiger partial charge in [0.05, 0.1) is 10.6 Å². The second-order valence-electron chi connectivity index (χ2n) is 6.97. The maximum absolute atomic E-state index is 12.0. The molecule has 0 spiro atoms. The summed E-state index contributed by atoms with van der Waals surface area (Å²) in [4.78, 5) is 17.4. The van der Waals surface area contributed by atoms with E-state index in [9.17, 15) is 9.90 Å². The molecule has 30 heavy (non-hydrogen) atoms. The summed E-state index contributed by atoms with van der Waals surface area (Å²) in [7, 11) is 1.96. The van der Waals surface area contributed by atoms with Crippen molar-refractivity contribution >= 4 is 42.0 Å². The molecule has 0 aliphatic heterocycles. The van der Waals surface area contributed by atoms with Crippen LogP contribution >= 0.6 is 11.3 Å². The Balaban J connectivity index is 1.40. The highest BCUT2D eigenvalue weighted by atomic mass is 32.1. The van der Waals surface area contributed by atoms with E-state index >= 15 is 0 Å². The minimum absolute atomic E-state index is 0.0203. The highest BCUT2D eigenvalue weighted by molar-refractivity contribution is 7.12. The van der Waals surface area contributed by atoms with Crippen molar-refractivity contribution in [1.82, 2.24) is 19.9 Å². The van der Waals surface area contributed by atoms with Crippen LogP contribution in [0.4, 0.5) is 5.82 Å². The van der Waals surface area contributed by atoms with Crippen LogP contribution in [0.15, 0.2) is 54.0 Å². The first-order valence-corrected chi connectivity index (χ1v) is 10.7. The smallest absolute Gasteiger partial charge is 0.261 e. The number of benzene rings is 1. The van der Waals surface area contributed by atoms with Crippen molar-refractivity contribution in [2.45, 2.75) is 12.8 Å². The van der Waals surface area contributed by atoms with Gasteiger partial charge in [-0.2, -0.15) is 9.61 Å². The third kappa shape index (κ3) is 4.31. The molecule has 0 fully saturated rings. The van der Waals surface area contributed by atoms with Crippen molar-refractivity contribution in [1.29, 1.82) is 0 Å². The molecule has 0 bridgehead atoms. The fourth-order valence-corrected chi connectivity index (χ4v) is 3.83. The lowest BCUT2D eigenvalue weighted by Crippen LogP contribution is -2.24. The molecular formula is C21H22BN5O2S. The molecule has 9 heteroatoms. The number of anilines is 1. The van der Waals surface area contributed by atoms with Gasteiger partial charge in [-0.15, -0.1) is 11.3 Å². The summed E-state index contributed by atoms with van der Waals surface area (Å²) < 4.78 is 1.78. The topological polar surface area (TPSA) is 91.5 Å². The number of carbonyl (C=O) groups excluding carboxylic acids is 1. The van der Waals surface area contributed by atoms with Gasteiger partial charge in [0.15, 0.2) is 5.65 Å². The van der Waals surface area contributed by atoms with Crippen LogP contribution in [0.2, 0.25) is 0 Å².